The van der Waals surface area contributed by atoms with Gasteiger partial charge in [-0.1, -0.05) is 30.2 Å². The zero-order valence-electron chi connectivity index (χ0n) is 9.24. The summed E-state index contributed by atoms with van der Waals surface area (Å²) in [6.07, 6.45) is 6.20. The highest BCUT2D eigenvalue weighted by molar-refractivity contribution is 5.27. The molecule has 0 saturated heterocycles. The van der Waals surface area contributed by atoms with Gasteiger partial charge in [-0.15, -0.1) is 6.42 Å². The molecule has 0 aliphatic carbocycles. The molecule has 0 unspecified atom stereocenters. The van der Waals surface area contributed by atoms with Gasteiger partial charge < -0.3 is 5.73 Å². The smallest absolute Gasteiger partial charge is 0.0599 e. The first-order chi connectivity index (χ1) is 7.27. The molecule has 0 amide bonds. The fourth-order valence-electron chi connectivity index (χ4n) is 1.61. The fraction of sp³-hybridized carbons (Fsp3) is 0.385. The van der Waals surface area contributed by atoms with E-state index in [4.69, 9.17) is 12.2 Å². The van der Waals surface area contributed by atoms with E-state index in [1.807, 2.05) is 7.05 Å². The van der Waals surface area contributed by atoms with Crippen LogP contribution in [0.4, 0.5) is 0 Å². The molecule has 0 heterocycles. The van der Waals surface area contributed by atoms with Crippen molar-refractivity contribution in [1.82, 2.24) is 4.90 Å². The van der Waals surface area contributed by atoms with Gasteiger partial charge in [0.2, 0.25) is 0 Å². The van der Waals surface area contributed by atoms with E-state index in [-0.39, 0.29) is 0 Å². The standard InChI is InChI=1S/C13H18N2/c1-3-10-15(2)11-13-7-5-4-6-12(13)8-9-14/h1,4-7H,8-11,14H2,2H3. The summed E-state index contributed by atoms with van der Waals surface area (Å²) >= 11 is 0. The van der Waals surface area contributed by atoms with Gasteiger partial charge in [-0.05, 0) is 31.1 Å². The molecule has 1 aromatic carbocycles. The second-order valence-corrected chi connectivity index (χ2v) is 3.68. The summed E-state index contributed by atoms with van der Waals surface area (Å²) < 4.78 is 0. The van der Waals surface area contributed by atoms with E-state index in [2.05, 4.69) is 35.1 Å². The first-order valence-electron chi connectivity index (χ1n) is 5.16. The van der Waals surface area contributed by atoms with Gasteiger partial charge in [0.05, 0.1) is 6.54 Å². The van der Waals surface area contributed by atoms with Crippen molar-refractivity contribution in [3.8, 4) is 12.3 Å². The largest absolute Gasteiger partial charge is 0.330 e. The summed E-state index contributed by atoms with van der Waals surface area (Å²) in [6.45, 7) is 2.26. The summed E-state index contributed by atoms with van der Waals surface area (Å²) in [7, 11) is 2.03. The van der Waals surface area contributed by atoms with E-state index in [0.29, 0.717) is 13.1 Å². The molecule has 0 aliphatic heterocycles. The van der Waals surface area contributed by atoms with Gasteiger partial charge in [0.1, 0.15) is 0 Å². The lowest BCUT2D eigenvalue weighted by atomic mass is 10.0. The van der Waals surface area contributed by atoms with Crippen molar-refractivity contribution < 1.29 is 0 Å². The van der Waals surface area contributed by atoms with E-state index in [1.165, 1.54) is 11.1 Å². The maximum absolute atomic E-state index is 5.57. The van der Waals surface area contributed by atoms with Crippen LogP contribution in [-0.4, -0.2) is 25.0 Å². The van der Waals surface area contributed by atoms with E-state index in [9.17, 15) is 0 Å². The Kier molecular flexibility index (Phi) is 4.89. The topological polar surface area (TPSA) is 29.3 Å². The normalized spacial score (nSPS) is 10.3. The van der Waals surface area contributed by atoms with Crippen LogP contribution in [0.15, 0.2) is 24.3 Å². The lowest BCUT2D eigenvalue weighted by molar-refractivity contribution is 0.368. The van der Waals surface area contributed by atoms with Crippen LogP contribution in [-0.2, 0) is 13.0 Å². The van der Waals surface area contributed by atoms with Crippen LogP contribution in [0.5, 0.6) is 0 Å². The molecular formula is C13H18N2. The summed E-state index contributed by atoms with van der Waals surface area (Å²) in [5.74, 6) is 2.64. The van der Waals surface area contributed by atoms with Crippen LogP contribution < -0.4 is 5.73 Å². The number of benzene rings is 1. The Hall–Kier alpha value is -1.30. The zero-order chi connectivity index (χ0) is 11.1. The second-order valence-electron chi connectivity index (χ2n) is 3.68. The van der Waals surface area contributed by atoms with Gasteiger partial charge in [-0.3, -0.25) is 4.90 Å². The minimum atomic E-state index is 0.678. The first-order valence-corrected chi connectivity index (χ1v) is 5.16. The second kappa shape index (κ2) is 6.23. The predicted molar refractivity (Wildman–Crippen MR) is 64.4 cm³/mol. The molecule has 2 nitrogen and oxygen atoms in total. The van der Waals surface area contributed by atoms with Crippen molar-refractivity contribution in [3.63, 3.8) is 0 Å². The van der Waals surface area contributed by atoms with Gasteiger partial charge in [-0.2, -0.15) is 0 Å². The van der Waals surface area contributed by atoms with Crippen molar-refractivity contribution in [2.75, 3.05) is 20.1 Å². The molecule has 80 valence electrons. The number of nitrogens with two attached hydrogens (primary N) is 1. The minimum absolute atomic E-state index is 0.678. The maximum atomic E-state index is 5.57. The molecule has 0 bridgehead atoms. The molecule has 0 spiro atoms. The molecule has 2 heteroatoms. The Morgan fingerprint density at radius 2 is 2.00 bits per heavy atom. The molecule has 0 radical (unpaired) electrons. The molecule has 0 saturated carbocycles. The number of terminal acetylenes is 1. The summed E-state index contributed by atoms with van der Waals surface area (Å²) in [6, 6.07) is 8.37. The van der Waals surface area contributed by atoms with Crippen LogP contribution in [0.3, 0.4) is 0 Å². The van der Waals surface area contributed by atoms with Crippen molar-refractivity contribution in [1.29, 1.82) is 0 Å². The van der Waals surface area contributed by atoms with Crippen molar-refractivity contribution >= 4 is 0 Å². The monoisotopic (exact) mass is 202 g/mol. The molecular weight excluding hydrogens is 184 g/mol. The summed E-state index contributed by atoms with van der Waals surface area (Å²) in [5.41, 5.74) is 8.22. The lowest BCUT2D eigenvalue weighted by Crippen LogP contribution is -2.19. The molecule has 0 aromatic heterocycles. The molecule has 15 heavy (non-hydrogen) atoms. The highest BCUT2D eigenvalue weighted by Crippen LogP contribution is 2.11. The van der Waals surface area contributed by atoms with E-state index < -0.39 is 0 Å². The molecule has 0 aliphatic rings. The van der Waals surface area contributed by atoms with Gasteiger partial charge >= 0.3 is 0 Å². The third-order valence-electron chi connectivity index (χ3n) is 2.33. The Morgan fingerprint density at radius 3 is 2.60 bits per heavy atom. The highest BCUT2D eigenvalue weighted by atomic mass is 15.1. The number of hydrogen-bond acceptors (Lipinski definition) is 2. The fourth-order valence-corrected chi connectivity index (χ4v) is 1.61. The summed E-state index contributed by atoms with van der Waals surface area (Å²) in [4.78, 5) is 2.12. The van der Waals surface area contributed by atoms with Crippen LogP contribution in [0.1, 0.15) is 11.1 Å². The number of nitrogens with zero attached hydrogens (tertiary/aromatic N) is 1. The first kappa shape index (κ1) is 11.8. The SMILES string of the molecule is C#CCN(C)Cc1ccccc1CCN. The Labute approximate surface area is 92.1 Å². The van der Waals surface area contributed by atoms with E-state index in [0.717, 1.165) is 13.0 Å². The average Bonchev–Trinajstić information content (AvgIpc) is 2.21. The average molecular weight is 202 g/mol. The quantitative estimate of drug-likeness (QED) is 0.728. The maximum Gasteiger partial charge on any atom is 0.0599 e. The third kappa shape index (κ3) is 3.75. The number of rotatable bonds is 5. The zero-order valence-corrected chi connectivity index (χ0v) is 9.24. The Morgan fingerprint density at radius 1 is 1.33 bits per heavy atom. The number of hydrogen-bond donors (Lipinski definition) is 1. The van der Waals surface area contributed by atoms with Gasteiger partial charge in [-0.25, -0.2) is 0 Å². The Bertz CT molecular complexity index is 339. The molecule has 2 N–H and O–H groups in total. The molecule has 1 rings (SSSR count). The van der Waals surface area contributed by atoms with Gasteiger partial charge in [0, 0.05) is 6.54 Å². The lowest BCUT2D eigenvalue weighted by Gasteiger charge is -2.16. The predicted octanol–water partition coefficient (Wildman–Crippen LogP) is 1.25. The van der Waals surface area contributed by atoms with Crippen LogP contribution in [0.25, 0.3) is 0 Å². The van der Waals surface area contributed by atoms with E-state index >= 15 is 0 Å². The molecule has 0 atom stereocenters. The van der Waals surface area contributed by atoms with Crippen LogP contribution in [0.2, 0.25) is 0 Å². The third-order valence-corrected chi connectivity index (χ3v) is 2.33. The van der Waals surface area contributed by atoms with Crippen molar-refractivity contribution in [2.45, 2.75) is 13.0 Å². The minimum Gasteiger partial charge on any atom is -0.330 e. The van der Waals surface area contributed by atoms with Crippen LogP contribution in [0, 0.1) is 12.3 Å². The van der Waals surface area contributed by atoms with Gasteiger partial charge in [0.25, 0.3) is 0 Å². The summed E-state index contributed by atoms with van der Waals surface area (Å²) in [5, 5.41) is 0. The molecule has 1 aromatic rings. The molecule has 0 fully saturated rings. The van der Waals surface area contributed by atoms with Crippen LogP contribution >= 0.6 is 0 Å². The van der Waals surface area contributed by atoms with E-state index in [1.54, 1.807) is 0 Å². The van der Waals surface area contributed by atoms with Gasteiger partial charge in [0.15, 0.2) is 0 Å². The van der Waals surface area contributed by atoms with Crippen molar-refractivity contribution in [2.24, 2.45) is 5.73 Å². The van der Waals surface area contributed by atoms with Crippen molar-refractivity contribution in [3.05, 3.63) is 35.4 Å². The Balaban J connectivity index is 2.71. The highest BCUT2D eigenvalue weighted by Gasteiger charge is 2.03.